The fourth-order valence-corrected chi connectivity index (χ4v) is 2.07. The highest BCUT2D eigenvalue weighted by molar-refractivity contribution is 5.96. The highest BCUT2D eigenvalue weighted by Crippen LogP contribution is 2.23. The Bertz CT molecular complexity index is 341. The van der Waals surface area contributed by atoms with E-state index < -0.39 is 0 Å². The molecule has 2 nitrogen and oxygen atoms in total. The summed E-state index contributed by atoms with van der Waals surface area (Å²) < 4.78 is 0. The molecule has 2 heteroatoms. The van der Waals surface area contributed by atoms with E-state index in [4.69, 9.17) is 0 Å². The Kier molecular flexibility index (Phi) is 4.25. The first kappa shape index (κ1) is 12.9. The largest absolute Gasteiger partial charge is 0.309 e. The summed E-state index contributed by atoms with van der Waals surface area (Å²) in [6.07, 6.45) is 0.592. The van der Waals surface area contributed by atoms with Crippen LogP contribution in [0.4, 0.5) is 0 Å². The van der Waals surface area contributed by atoms with E-state index in [0.29, 0.717) is 6.42 Å². The highest BCUT2D eigenvalue weighted by atomic mass is 16.1. The first-order valence-corrected chi connectivity index (χ1v) is 5.64. The number of Topliss-reactive ketones (excluding diaryl/α,β-unsaturated/α-hetero) is 1. The van der Waals surface area contributed by atoms with Gasteiger partial charge in [-0.3, -0.25) is 4.79 Å². The van der Waals surface area contributed by atoms with Crippen molar-refractivity contribution in [3.05, 3.63) is 35.9 Å². The molecule has 0 fully saturated rings. The maximum Gasteiger partial charge on any atom is 0.163 e. The minimum atomic E-state index is 0.0242. The van der Waals surface area contributed by atoms with Crippen LogP contribution >= 0.6 is 0 Å². The maximum absolute atomic E-state index is 12.0. The Morgan fingerprint density at radius 2 is 1.75 bits per heavy atom. The standard InChI is InChI=1S/C14H21NO/c1-14(2,11-15(3)4)10-13(16)12-8-6-5-7-9-12/h5-9H,10-11H2,1-4H3. The summed E-state index contributed by atoms with van der Waals surface area (Å²) in [6.45, 7) is 5.19. The average Bonchev–Trinajstić information content (AvgIpc) is 2.16. The number of rotatable bonds is 5. The van der Waals surface area contributed by atoms with Crippen LogP contribution in [-0.4, -0.2) is 31.3 Å². The van der Waals surface area contributed by atoms with E-state index in [1.165, 1.54) is 0 Å². The smallest absolute Gasteiger partial charge is 0.163 e. The molecule has 0 aromatic heterocycles. The molecule has 0 bridgehead atoms. The lowest BCUT2D eigenvalue weighted by molar-refractivity contribution is 0.0911. The van der Waals surface area contributed by atoms with Crippen molar-refractivity contribution in [2.24, 2.45) is 5.41 Å². The van der Waals surface area contributed by atoms with Crippen molar-refractivity contribution in [3.63, 3.8) is 0 Å². The Balaban J connectivity index is 2.64. The number of carbonyl (C=O) groups is 1. The van der Waals surface area contributed by atoms with Gasteiger partial charge in [-0.2, -0.15) is 0 Å². The minimum Gasteiger partial charge on any atom is -0.309 e. The summed E-state index contributed by atoms with van der Waals surface area (Å²) in [5.41, 5.74) is 0.838. The summed E-state index contributed by atoms with van der Waals surface area (Å²) in [6, 6.07) is 9.52. The van der Waals surface area contributed by atoms with Crippen molar-refractivity contribution in [1.29, 1.82) is 0 Å². The summed E-state index contributed by atoms with van der Waals surface area (Å²) in [5.74, 6) is 0.229. The maximum atomic E-state index is 12.0. The molecule has 0 N–H and O–H groups in total. The van der Waals surface area contributed by atoms with E-state index in [1.54, 1.807) is 0 Å². The van der Waals surface area contributed by atoms with Crippen molar-refractivity contribution in [2.75, 3.05) is 20.6 Å². The van der Waals surface area contributed by atoms with Gasteiger partial charge in [-0.1, -0.05) is 44.2 Å². The first-order chi connectivity index (χ1) is 7.41. The molecule has 0 amide bonds. The van der Waals surface area contributed by atoms with E-state index >= 15 is 0 Å². The van der Waals surface area contributed by atoms with Crippen molar-refractivity contribution >= 4 is 5.78 Å². The monoisotopic (exact) mass is 219 g/mol. The molecule has 0 atom stereocenters. The topological polar surface area (TPSA) is 20.3 Å². The number of nitrogens with zero attached hydrogens (tertiary/aromatic N) is 1. The van der Waals surface area contributed by atoms with E-state index in [0.717, 1.165) is 12.1 Å². The van der Waals surface area contributed by atoms with Gasteiger partial charge in [-0.15, -0.1) is 0 Å². The van der Waals surface area contributed by atoms with Crippen LogP contribution in [0.25, 0.3) is 0 Å². The van der Waals surface area contributed by atoms with E-state index in [-0.39, 0.29) is 11.2 Å². The van der Waals surface area contributed by atoms with Gasteiger partial charge in [0.1, 0.15) is 0 Å². The molecule has 0 aliphatic heterocycles. The third-order valence-electron chi connectivity index (χ3n) is 2.48. The Morgan fingerprint density at radius 3 is 2.25 bits per heavy atom. The van der Waals surface area contributed by atoms with Gasteiger partial charge >= 0.3 is 0 Å². The molecule has 0 heterocycles. The fourth-order valence-electron chi connectivity index (χ4n) is 2.07. The SMILES string of the molecule is CN(C)CC(C)(C)CC(=O)c1ccccc1. The van der Waals surface area contributed by atoms with Gasteiger partial charge in [0.15, 0.2) is 5.78 Å². The van der Waals surface area contributed by atoms with Crippen molar-refractivity contribution in [1.82, 2.24) is 4.90 Å². The number of ketones is 1. The second-order valence-corrected chi connectivity index (χ2v) is 5.37. The van der Waals surface area contributed by atoms with E-state index in [1.807, 2.05) is 44.4 Å². The van der Waals surface area contributed by atoms with Crippen LogP contribution in [0, 0.1) is 5.41 Å². The van der Waals surface area contributed by atoms with Crippen molar-refractivity contribution in [3.8, 4) is 0 Å². The average molecular weight is 219 g/mol. The quantitative estimate of drug-likeness (QED) is 0.710. The van der Waals surface area contributed by atoms with Crippen LogP contribution in [0.15, 0.2) is 30.3 Å². The van der Waals surface area contributed by atoms with Crippen molar-refractivity contribution < 1.29 is 4.79 Å². The number of hydrogen-bond acceptors (Lipinski definition) is 2. The summed E-state index contributed by atoms with van der Waals surface area (Å²) in [4.78, 5) is 14.1. The first-order valence-electron chi connectivity index (χ1n) is 5.64. The minimum absolute atomic E-state index is 0.0242. The third-order valence-corrected chi connectivity index (χ3v) is 2.48. The molecule has 16 heavy (non-hydrogen) atoms. The third kappa shape index (κ3) is 4.15. The van der Waals surface area contributed by atoms with Gasteiger partial charge in [0.2, 0.25) is 0 Å². The van der Waals surface area contributed by atoms with Crippen molar-refractivity contribution in [2.45, 2.75) is 20.3 Å². The molecule has 0 saturated heterocycles. The molecule has 1 aromatic carbocycles. The molecular weight excluding hydrogens is 198 g/mol. The number of hydrogen-bond donors (Lipinski definition) is 0. The Labute approximate surface area is 98.3 Å². The molecule has 1 rings (SSSR count). The molecule has 0 aliphatic rings. The Hall–Kier alpha value is -1.15. The second-order valence-electron chi connectivity index (χ2n) is 5.37. The molecule has 0 radical (unpaired) electrons. The van der Waals surface area contributed by atoms with Crippen LogP contribution in [0.1, 0.15) is 30.6 Å². The molecule has 0 unspecified atom stereocenters. The highest BCUT2D eigenvalue weighted by Gasteiger charge is 2.23. The van der Waals surface area contributed by atoms with Gasteiger partial charge in [0.05, 0.1) is 0 Å². The molecule has 1 aromatic rings. The van der Waals surface area contributed by atoms with E-state index in [9.17, 15) is 4.79 Å². The van der Waals surface area contributed by atoms with Gasteiger partial charge in [0, 0.05) is 18.5 Å². The lowest BCUT2D eigenvalue weighted by atomic mass is 9.85. The van der Waals surface area contributed by atoms with Gasteiger partial charge in [0.25, 0.3) is 0 Å². The van der Waals surface area contributed by atoms with Crippen LogP contribution < -0.4 is 0 Å². The van der Waals surface area contributed by atoms with Gasteiger partial charge < -0.3 is 4.90 Å². The van der Waals surface area contributed by atoms with Crippen LogP contribution in [0.2, 0.25) is 0 Å². The van der Waals surface area contributed by atoms with Gasteiger partial charge in [-0.25, -0.2) is 0 Å². The normalized spacial score (nSPS) is 11.8. The predicted octanol–water partition coefficient (Wildman–Crippen LogP) is 2.85. The lowest BCUT2D eigenvalue weighted by Gasteiger charge is -2.27. The number of benzene rings is 1. The van der Waals surface area contributed by atoms with Crippen LogP contribution in [-0.2, 0) is 0 Å². The zero-order valence-electron chi connectivity index (χ0n) is 10.7. The molecule has 0 saturated carbocycles. The molecule has 0 spiro atoms. The summed E-state index contributed by atoms with van der Waals surface area (Å²) in [5, 5.41) is 0. The second kappa shape index (κ2) is 5.26. The molecule has 0 aliphatic carbocycles. The Morgan fingerprint density at radius 1 is 1.19 bits per heavy atom. The zero-order chi connectivity index (χ0) is 12.2. The summed E-state index contributed by atoms with van der Waals surface area (Å²) in [7, 11) is 4.07. The van der Waals surface area contributed by atoms with Gasteiger partial charge in [-0.05, 0) is 19.5 Å². The molecule has 88 valence electrons. The lowest BCUT2D eigenvalue weighted by Crippen LogP contribution is -2.30. The van der Waals surface area contributed by atoms with Crippen LogP contribution in [0.3, 0.4) is 0 Å². The fraction of sp³-hybridized carbons (Fsp3) is 0.500. The molecular formula is C14H21NO. The zero-order valence-corrected chi connectivity index (χ0v) is 10.7. The summed E-state index contributed by atoms with van der Waals surface area (Å²) >= 11 is 0. The predicted molar refractivity (Wildman–Crippen MR) is 67.7 cm³/mol. The van der Waals surface area contributed by atoms with Crippen LogP contribution in [0.5, 0.6) is 0 Å². The van der Waals surface area contributed by atoms with E-state index in [2.05, 4.69) is 18.7 Å². The number of carbonyl (C=O) groups excluding carboxylic acids is 1.